The summed E-state index contributed by atoms with van der Waals surface area (Å²) in [6.07, 6.45) is 3.34. The van der Waals surface area contributed by atoms with Crippen molar-refractivity contribution < 1.29 is 0 Å². The van der Waals surface area contributed by atoms with Crippen LogP contribution in [0.3, 0.4) is 0 Å². The van der Waals surface area contributed by atoms with Crippen molar-refractivity contribution in [2.45, 2.75) is 33.1 Å². The Kier molecular flexibility index (Phi) is 4.71. The van der Waals surface area contributed by atoms with Crippen molar-refractivity contribution in [1.82, 2.24) is 4.98 Å². The molecule has 0 spiro atoms. The molecular formula is C20H20Cl2N2. The molecule has 1 heterocycles. The van der Waals surface area contributed by atoms with E-state index >= 15 is 0 Å². The molecule has 24 heavy (non-hydrogen) atoms. The fourth-order valence-corrected chi connectivity index (χ4v) is 3.51. The number of aromatic nitrogens is 1. The molecule has 3 aromatic rings. The Bertz CT molecular complexity index is 919. The number of fused-ring (bicyclic) bond motifs is 2. The highest BCUT2D eigenvalue weighted by atomic mass is 35.5. The second-order valence-electron chi connectivity index (χ2n) is 6.38. The van der Waals surface area contributed by atoms with Crippen LogP contribution in [0.25, 0.3) is 10.9 Å². The predicted molar refractivity (Wildman–Crippen MR) is 105 cm³/mol. The van der Waals surface area contributed by atoms with Crippen LogP contribution in [-0.2, 0) is 12.8 Å². The number of halogens is 2. The molecule has 2 nitrogen and oxygen atoms in total. The molecule has 1 aromatic heterocycles. The number of anilines is 2. The first-order valence-corrected chi connectivity index (χ1v) is 8.45. The maximum absolute atomic E-state index is 6.29. The molecule has 2 aromatic carbocycles. The smallest absolute Gasteiger partial charge is 0.0726 e. The van der Waals surface area contributed by atoms with Crippen molar-refractivity contribution in [1.29, 1.82) is 0 Å². The Morgan fingerprint density at radius 3 is 2.67 bits per heavy atom. The van der Waals surface area contributed by atoms with Crippen molar-refractivity contribution in [3.8, 4) is 0 Å². The molecule has 4 heteroatoms. The molecule has 1 N–H and O–H groups in total. The highest BCUT2D eigenvalue weighted by molar-refractivity contribution is 6.31. The Balaban J connectivity index is 0.00000169. The molecule has 0 bridgehead atoms. The number of benzene rings is 2. The fraction of sp³-hybridized carbons (Fsp3) is 0.250. The number of rotatable bonds is 2. The van der Waals surface area contributed by atoms with Gasteiger partial charge in [-0.15, -0.1) is 12.4 Å². The van der Waals surface area contributed by atoms with Crippen LogP contribution in [0.1, 0.15) is 28.8 Å². The fourth-order valence-electron chi connectivity index (χ4n) is 3.33. The number of nitrogens with zero attached hydrogens (tertiary/aromatic N) is 1. The summed E-state index contributed by atoms with van der Waals surface area (Å²) in [5.41, 5.74) is 8.24. The average Bonchev–Trinajstić information content (AvgIpc) is 2.99. The lowest BCUT2D eigenvalue weighted by atomic mass is 10.0. The van der Waals surface area contributed by atoms with E-state index in [4.69, 9.17) is 16.6 Å². The summed E-state index contributed by atoms with van der Waals surface area (Å²) >= 11 is 6.29. The van der Waals surface area contributed by atoms with Gasteiger partial charge >= 0.3 is 0 Å². The van der Waals surface area contributed by atoms with Crippen LogP contribution < -0.4 is 5.32 Å². The molecule has 0 saturated carbocycles. The molecule has 0 saturated heterocycles. The summed E-state index contributed by atoms with van der Waals surface area (Å²) in [7, 11) is 0. The van der Waals surface area contributed by atoms with Gasteiger partial charge < -0.3 is 5.32 Å². The standard InChI is InChI=1S/C20H19ClN2.ClH/c1-12-6-9-19-16(10-12)20(15-4-3-5-18(15)23-19)22-14-8-7-13(2)17(21)11-14;/h6-11H,3-5H2,1-2H3,(H,22,23);1H. The van der Waals surface area contributed by atoms with E-state index in [1.807, 2.05) is 13.0 Å². The number of hydrogen-bond donors (Lipinski definition) is 1. The molecule has 0 atom stereocenters. The quantitative estimate of drug-likeness (QED) is 0.593. The number of hydrogen-bond acceptors (Lipinski definition) is 2. The molecule has 0 amide bonds. The number of pyridine rings is 1. The van der Waals surface area contributed by atoms with Gasteiger partial charge in [0.1, 0.15) is 0 Å². The Labute approximate surface area is 153 Å². The van der Waals surface area contributed by atoms with Crippen LogP contribution in [-0.4, -0.2) is 4.98 Å². The monoisotopic (exact) mass is 358 g/mol. The third-order valence-corrected chi connectivity index (χ3v) is 5.02. The van der Waals surface area contributed by atoms with Gasteiger partial charge in [-0.1, -0.05) is 29.3 Å². The summed E-state index contributed by atoms with van der Waals surface area (Å²) in [6, 6.07) is 12.6. The van der Waals surface area contributed by atoms with Gasteiger partial charge in [-0.2, -0.15) is 0 Å². The van der Waals surface area contributed by atoms with Gasteiger partial charge in [0.25, 0.3) is 0 Å². The van der Waals surface area contributed by atoms with E-state index < -0.39 is 0 Å². The molecule has 1 aliphatic rings. The van der Waals surface area contributed by atoms with Crippen molar-refractivity contribution in [3.05, 3.63) is 63.8 Å². The van der Waals surface area contributed by atoms with Crippen LogP contribution in [0, 0.1) is 13.8 Å². The summed E-state index contributed by atoms with van der Waals surface area (Å²) in [5.74, 6) is 0. The second-order valence-corrected chi connectivity index (χ2v) is 6.78. The minimum absolute atomic E-state index is 0. The van der Waals surface area contributed by atoms with Gasteiger partial charge in [0.05, 0.1) is 11.2 Å². The molecule has 0 fully saturated rings. The Hall–Kier alpha value is -1.77. The van der Waals surface area contributed by atoms with Crippen molar-refractivity contribution >= 4 is 46.3 Å². The zero-order valence-corrected chi connectivity index (χ0v) is 15.4. The molecule has 0 radical (unpaired) electrons. The number of aryl methyl sites for hydroxylation is 3. The van der Waals surface area contributed by atoms with Gasteiger partial charge in [-0.25, -0.2) is 0 Å². The summed E-state index contributed by atoms with van der Waals surface area (Å²) in [6.45, 7) is 4.15. The molecule has 4 rings (SSSR count). The highest BCUT2D eigenvalue weighted by Crippen LogP contribution is 2.36. The first-order chi connectivity index (χ1) is 11.1. The zero-order valence-electron chi connectivity index (χ0n) is 13.8. The van der Waals surface area contributed by atoms with Gasteiger partial charge in [-0.3, -0.25) is 4.98 Å². The van der Waals surface area contributed by atoms with E-state index in [1.165, 1.54) is 34.3 Å². The SMILES string of the molecule is Cc1ccc2nc3c(c(Nc4ccc(C)c(Cl)c4)c2c1)CCC3.Cl. The van der Waals surface area contributed by atoms with Gasteiger partial charge in [0, 0.05) is 21.8 Å². The van der Waals surface area contributed by atoms with Crippen LogP contribution in [0.5, 0.6) is 0 Å². The summed E-state index contributed by atoms with van der Waals surface area (Å²) in [5, 5.41) is 5.61. The van der Waals surface area contributed by atoms with Crippen molar-refractivity contribution in [2.75, 3.05) is 5.32 Å². The van der Waals surface area contributed by atoms with Crippen LogP contribution in [0.2, 0.25) is 5.02 Å². The minimum Gasteiger partial charge on any atom is -0.355 e. The van der Waals surface area contributed by atoms with E-state index in [2.05, 4.69) is 42.6 Å². The van der Waals surface area contributed by atoms with Crippen molar-refractivity contribution in [3.63, 3.8) is 0 Å². The van der Waals surface area contributed by atoms with E-state index in [0.717, 1.165) is 34.6 Å². The van der Waals surface area contributed by atoms with E-state index in [1.54, 1.807) is 0 Å². The first kappa shape index (κ1) is 17.1. The maximum atomic E-state index is 6.29. The highest BCUT2D eigenvalue weighted by Gasteiger charge is 2.20. The lowest BCUT2D eigenvalue weighted by Gasteiger charge is -2.16. The largest absolute Gasteiger partial charge is 0.355 e. The summed E-state index contributed by atoms with van der Waals surface area (Å²) < 4.78 is 0. The van der Waals surface area contributed by atoms with Crippen LogP contribution in [0.4, 0.5) is 11.4 Å². The number of nitrogens with one attached hydrogen (secondary N) is 1. The third-order valence-electron chi connectivity index (χ3n) is 4.61. The second kappa shape index (κ2) is 6.62. The van der Waals surface area contributed by atoms with Crippen LogP contribution in [0.15, 0.2) is 36.4 Å². The summed E-state index contributed by atoms with van der Waals surface area (Å²) in [4.78, 5) is 4.86. The predicted octanol–water partition coefficient (Wildman–Crippen LogP) is 6.16. The zero-order chi connectivity index (χ0) is 16.0. The average molecular weight is 359 g/mol. The van der Waals surface area contributed by atoms with Gasteiger partial charge in [0.15, 0.2) is 0 Å². The molecule has 124 valence electrons. The third kappa shape index (κ3) is 2.97. The van der Waals surface area contributed by atoms with Gasteiger partial charge in [0.2, 0.25) is 0 Å². The van der Waals surface area contributed by atoms with E-state index in [9.17, 15) is 0 Å². The van der Waals surface area contributed by atoms with E-state index in [-0.39, 0.29) is 12.4 Å². The van der Waals surface area contributed by atoms with Crippen LogP contribution >= 0.6 is 24.0 Å². The topological polar surface area (TPSA) is 24.9 Å². The first-order valence-electron chi connectivity index (χ1n) is 8.07. The molecule has 0 unspecified atom stereocenters. The normalized spacial score (nSPS) is 12.8. The maximum Gasteiger partial charge on any atom is 0.0726 e. The van der Waals surface area contributed by atoms with Gasteiger partial charge in [-0.05, 0) is 68.5 Å². The molecule has 1 aliphatic carbocycles. The lowest BCUT2D eigenvalue weighted by molar-refractivity contribution is 0.901. The Morgan fingerprint density at radius 1 is 1.04 bits per heavy atom. The molecule has 0 aliphatic heterocycles. The van der Waals surface area contributed by atoms with Crippen molar-refractivity contribution in [2.24, 2.45) is 0 Å². The lowest BCUT2D eigenvalue weighted by Crippen LogP contribution is -2.00. The minimum atomic E-state index is 0. The molecular weight excluding hydrogens is 339 g/mol. The van der Waals surface area contributed by atoms with E-state index in [0.29, 0.717) is 0 Å². The Morgan fingerprint density at radius 2 is 1.88 bits per heavy atom.